The third-order valence-corrected chi connectivity index (χ3v) is 7.25. The molecular formula is C23H30N2O4S. The summed E-state index contributed by atoms with van der Waals surface area (Å²) in [7, 11) is -3.36. The van der Waals surface area contributed by atoms with Crippen LogP contribution < -0.4 is 10.1 Å². The van der Waals surface area contributed by atoms with E-state index in [0.29, 0.717) is 39.1 Å². The Balaban J connectivity index is 1.40. The number of rotatable bonds is 8. The van der Waals surface area contributed by atoms with Crippen LogP contribution in [0.15, 0.2) is 48.5 Å². The Morgan fingerprint density at radius 2 is 1.80 bits per heavy atom. The van der Waals surface area contributed by atoms with Gasteiger partial charge in [0.15, 0.2) is 0 Å². The molecule has 30 heavy (non-hydrogen) atoms. The molecule has 2 aromatic carbocycles. The number of amides is 1. The molecule has 1 aliphatic rings. The van der Waals surface area contributed by atoms with Crippen molar-refractivity contribution in [3.05, 3.63) is 65.2 Å². The lowest BCUT2D eigenvalue weighted by Gasteiger charge is -2.30. The molecule has 0 atom stereocenters. The average Bonchev–Trinajstić information content (AvgIpc) is 2.73. The number of hydrogen-bond donors (Lipinski definition) is 1. The van der Waals surface area contributed by atoms with Gasteiger partial charge in [-0.2, -0.15) is 0 Å². The Kier molecular flexibility index (Phi) is 7.50. The fourth-order valence-electron chi connectivity index (χ4n) is 3.71. The highest BCUT2D eigenvalue weighted by atomic mass is 32.2. The van der Waals surface area contributed by atoms with Crippen LogP contribution in [0.5, 0.6) is 5.75 Å². The fraction of sp³-hybridized carbons (Fsp3) is 0.435. The van der Waals surface area contributed by atoms with Gasteiger partial charge in [-0.05, 0) is 43.9 Å². The highest BCUT2D eigenvalue weighted by molar-refractivity contribution is 7.88. The zero-order chi connectivity index (χ0) is 21.6. The molecule has 1 aliphatic heterocycles. The number of nitrogens with one attached hydrogen (secondary N) is 1. The van der Waals surface area contributed by atoms with Crippen LogP contribution in [0.3, 0.4) is 0 Å². The molecule has 0 spiro atoms. The van der Waals surface area contributed by atoms with Gasteiger partial charge >= 0.3 is 0 Å². The summed E-state index contributed by atoms with van der Waals surface area (Å²) < 4.78 is 32.5. The molecule has 0 unspecified atom stereocenters. The summed E-state index contributed by atoms with van der Waals surface area (Å²) in [6.45, 7) is 5.63. The molecule has 0 aliphatic carbocycles. The number of aryl methyl sites for hydroxylation is 2. The van der Waals surface area contributed by atoms with Gasteiger partial charge in [0.1, 0.15) is 12.4 Å². The summed E-state index contributed by atoms with van der Waals surface area (Å²) in [5.41, 5.74) is 3.04. The second kappa shape index (κ2) is 10.1. The monoisotopic (exact) mass is 430 g/mol. The molecule has 162 valence electrons. The smallest absolute Gasteiger partial charge is 0.223 e. The molecule has 0 saturated carbocycles. The quantitative estimate of drug-likeness (QED) is 0.653. The maximum atomic E-state index is 12.6. The Hall–Kier alpha value is -2.38. The lowest BCUT2D eigenvalue weighted by atomic mass is 9.97. The van der Waals surface area contributed by atoms with E-state index in [2.05, 4.69) is 11.4 Å². The third-order valence-electron chi connectivity index (χ3n) is 5.40. The summed E-state index contributed by atoms with van der Waals surface area (Å²) in [6.07, 6.45) is 1.08. The van der Waals surface area contributed by atoms with E-state index in [9.17, 15) is 13.2 Å². The number of sulfonamides is 1. The van der Waals surface area contributed by atoms with Crippen molar-refractivity contribution < 1.29 is 17.9 Å². The minimum atomic E-state index is -3.36. The molecule has 1 fully saturated rings. The van der Waals surface area contributed by atoms with Crippen molar-refractivity contribution in [3.8, 4) is 5.75 Å². The maximum Gasteiger partial charge on any atom is 0.223 e. The van der Waals surface area contributed by atoms with Gasteiger partial charge in [-0.3, -0.25) is 4.79 Å². The van der Waals surface area contributed by atoms with Gasteiger partial charge in [0.2, 0.25) is 15.9 Å². The summed E-state index contributed by atoms with van der Waals surface area (Å²) in [5, 5.41) is 2.91. The minimum absolute atomic E-state index is 0.000466. The largest absolute Gasteiger partial charge is 0.491 e. The standard InChI is InChI=1S/C23H30N2O4S/c1-18-8-9-22(19(2)16-18)29-15-12-24-23(26)21-10-13-25(14-11-21)30(27,28)17-20-6-4-3-5-7-20/h3-9,16,21H,10-15,17H2,1-2H3,(H,24,26). The van der Waals surface area contributed by atoms with E-state index in [1.807, 2.05) is 56.3 Å². The predicted molar refractivity (Wildman–Crippen MR) is 118 cm³/mol. The topological polar surface area (TPSA) is 75.7 Å². The number of piperidine rings is 1. The second-order valence-corrected chi connectivity index (χ2v) is 9.79. The molecule has 1 saturated heterocycles. The van der Waals surface area contributed by atoms with Gasteiger partial charge in [0, 0.05) is 19.0 Å². The van der Waals surface area contributed by atoms with E-state index in [1.165, 1.54) is 9.87 Å². The van der Waals surface area contributed by atoms with E-state index >= 15 is 0 Å². The van der Waals surface area contributed by atoms with Crippen LogP contribution in [-0.2, 0) is 20.6 Å². The number of carbonyl (C=O) groups excluding carboxylic acids is 1. The van der Waals surface area contributed by atoms with Crippen LogP contribution in [-0.4, -0.2) is 44.9 Å². The number of benzene rings is 2. The van der Waals surface area contributed by atoms with Crippen molar-refractivity contribution in [2.24, 2.45) is 5.92 Å². The van der Waals surface area contributed by atoms with E-state index in [4.69, 9.17) is 4.74 Å². The first kappa shape index (κ1) is 22.3. The molecule has 6 nitrogen and oxygen atoms in total. The molecule has 7 heteroatoms. The Labute approximate surface area is 179 Å². The van der Waals surface area contributed by atoms with Gasteiger partial charge in [-0.15, -0.1) is 0 Å². The summed E-state index contributed by atoms with van der Waals surface area (Å²) in [5.74, 6) is 0.640. The van der Waals surface area contributed by atoms with E-state index in [1.54, 1.807) is 0 Å². The molecule has 3 rings (SSSR count). The van der Waals surface area contributed by atoms with Gasteiger partial charge < -0.3 is 10.1 Å². The predicted octanol–water partition coefficient (Wildman–Crippen LogP) is 3.04. The summed E-state index contributed by atoms with van der Waals surface area (Å²) in [6, 6.07) is 15.2. The number of ether oxygens (including phenoxy) is 1. The van der Waals surface area contributed by atoms with E-state index in [0.717, 1.165) is 16.9 Å². The van der Waals surface area contributed by atoms with Crippen molar-refractivity contribution in [2.45, 2.75) is 32.4 Å². The molecule has 0 aromatic heterocycles. The minimum Gasteiger partial charge on any atom is -0.491 e. The molecule has 1 heterocycles. The van der Waals surface area contributed by atoms with Crippen LogP contribution in [0.4, 0.5) is 0 Å². The number of nitrogens with zero attached hydrogens (tertiary/aromatic N) is 1. The fourth-order valence-corrected chi connectivity index (χ4v) is 5.28. The molecule has 0 radical (unpaired) electrons. The van der Waals surface area contributed by atoms with Crippen LogP contribution in [0.2, 0.25) is 0 Å². The summed E-state index contributed by atoms with van der Waals surface area (Å²) >= 11 is 0. The third kappa shape index (κ3) is 6.06. The van der Waals surface area contributed by atoms with Crippen LogP contribution in [0.1, 0.15) is 29.5 Å². The number of hydrogen-bond acceptors (Lipinski definition) is 4. The molecule has 0 bridgehead atoms. The molecule has 1 N–H and O–H groups in total. The Bertz CT molecular complexity index is 952. The Morgan fingerprint density at radius 3 is 2.47 bits per heavy atom. The van der Waals surface area contributed by atoms with Crippen molar-refractivity contribution in [1.29, 1.82) is 0 Å². The Morgan fingerprint density at radius 1 is 1.10 bits per heavy atom. The van der Waals surface area contributed by atoms with Gasteiger partial charge in [-0.1, -0.05) is 48.0 Å². The van der Waals surface area contributed by atoms with Crippen LogP contribution in [0.25, 0.3) is 0 Å². The molecule has 2 aromatic rings. The molecule has 1 amide bonds. The number of carbonyl (C=O) groups is 1. The lowest BCUT2D eigenvalue weighted by Crippen LogP contribution is -2.43. The highest BCUT2D eigenvalue weighted by Crippen LogP contribution is 2.22. The summed E-state index contributed by atoms with van der Waals surface area (Å²) in [4.78, 5) is 12.4. The average molecular weight is 431 g/mol. The zero-order valence-corrected chi connectivity index (χ0v) is 18.5. The van der Waals surface area contributed by atoms with Crippen molar-refractivity contribution in [3.63, 3.8) is 0 Å². The van der Waals surface area contributed by atoms with Gasteiger partial charge in [-0.25, -0.2) is 12.7 Å². The van der Waals surface area contributed by atoms with Gasteiger partial charge in [0.05, 0.1) is 12.3 Å². The lowest BCUT2D eigenvalue weighted by molar-refractivity contribution is -0.126. The van der Waals surface area contributed by atoms with Crippen molar-refractivity contribution >= 4 is 15.9 Å². The first-order valence-corrected chi connectivity index (χ1v) is 12.0. The second-order valence-electron chi connectivity index (χ2n) is 7.82. The SMILES string of the molecule is Cc1ccc(OCCNC(=O)C2CCN(S(=O)(=O)Cc3ccccc3)CC2)c(C)c1. The van der Waals surface area contributed by atoms with E-state index < -0.39 is 10.0 Å². The highest BCUT2D eigenvalue weighted by Gasteiger charge is 2.31. The van der Waals surface area contributed by atoms with Crippen LogP contribution >= 0.6 is 0 Å². The maximum absolute atomic E-state index is 12.6. The van der Waals surface area contributed by atoms with E-state index in [-0.39, 0.29) is 17.6 Å². The van der Waals surface area contributed by atoms with Crippen molar-refractivity contribution in [1.82, 2.24) is 9.62 Å². The first-order chi connectivity index (χ1) is 14.3. The molecular weight excluding hydrogens is 400 g/mol. The normalized spacial score (nSPS) is 15.7. The van der Waals surface area contributed by atoms with Crippen molar-refractivity contribution in [2.75, 3.05) is 26.2 Å². The van der Waals surface area contributed by atoms with Crippen LogP contribution in [0, 0.1) is 19.8 Å². The zero-order valence-electron chi connectivity index (χ0n) is 17.6. The first-order valence-electron chi connectivity index (χ1n) is 10.3. The van der Waals surface area contributed by atoms with Gasteiger partial charge in [0.25, 0.3) is 0 Å².